The summed E-state index contributed by atoms with van der Waals surface area (Å²) in [5.41, 5.74) is 1.52. The maximum atomic E-state index is 13.5. The van der Waals surface area contributed by atoms with Gasteiger partial charge in [-0.2, -0.15) is 5.10 Å². The number of phenols is 1. The lowest BCUT2D eigenvalue weighted by Gasteiger charge is -2.13. The zero-order chi connectivity index (χ0) is 30.3. The second-order valence-corrected chi connectivity index (χ2v) is 11.7. The lowest BCUT2D eigenvalue weighted by molar-refractivity contribution is -0.122. The summed E-state index contributed by atoms with van der Waals surface area (Å²) in [6, 6.07) is 20.0. The van der Waals surface area contributed by atoms with Gasteiger partial charge in [-0.15, -0.1) is 5.10 Å². The predicted octanol–water partition coefficient (Wildman–Crippen LogP) is 7.58. The van der Waals surface area contributed by atoms with Gasteiger partial charge in [-0.05, 0) is 90.6 Å². The van der Waals surface area contributed by atoms with E-state index < -0.39 is 0 Å². The molecule has 0 bridgehead atoms. The second kappa shape index (κ2) is 14.0. The van der Waals surface area contributed by atoms with E-state index in [-0.39, 0.29) is 30.7 Å². The molecule has 9 nitrogen and oxygen atoms in total. The third kappa shape index (κ3) is 8.08. The van der Waals surface area contributed by atoms with Crippen LogP contribution in [0.1, 0.15) is 16.9 Å². The first-order valence-electron chi connectivity index (χ1n) is 12.6. The van der Waals surface area contributed by atoms with E-state index in [1.54, 1.807) is 72.8 Å². The highest BCUT2D eigenvalue weighted by atomic mass is 79.9. The lowest BCUT2D eigenvalue weighted by atomic mass is 10.2. The first-order valence-corrected chi connectivity index (χ1v) is 14.9. The molecule has 13 heteroatoms. The molecule has 0 spiro atoms. The Balaban J connectivity index is 1.38. The minimum absolute atomic E-state index is 0.0134. The molecule has 1 aromatic heterocycles. The van der Waals surface area contributed by atoms with Crippen molar-refractivity contribution in [1.29, 1.82) is 0 Å². The smallest absolute Gasteiger partial charge is 0.267 e. The van der Waals surface area contributed by atoms with Gasteiger partial charge >= 0.3 is 0 Å². The van der Waals surface area contributed by atoms with Crippen LogP contribution in [-0.2, 0) is 16.1 Å². The number of carbonyl (C=O) groups excluding carboxylic acids is 2. The summed E-state index contributed by atoms with van der Waals surface area (Å²) < 4.78 is 12.0. The van der Waals surface area contributed by atoms with Gasteiger partial charge in [0.15, 0.2) is 11.8 Å². The standard InChI is InChI=1S/C30H21BrCl2N4O5S/c31-20-3-10-26(42-17-28(39)35-23-7-4-21(32)5-8-23)18(12-20)14-27-29(40)37(16-24-2-1-11-41-24)30(43-27)36-34-15-19-13-22(33)6-9-25(19)38/h1-15,38H,16-17H2,(H,35,39)/b27-14-,34-15+,36-30-. The van der Waals surface area contributed by atoms with Gasteiger partial charge in [0.1, 0.15) is 17.3 Å². The van der Waals surface area contributed by atoms with Gasteiger partial charge < -0.3 is 19.6 Å². The number of ether oxygens (including phenoxy) is 1. The third-order valence-electron chi connectivity index (χ3n) is 5.86. The molecule has 3 aromatic carbocycles. The number of rotatable bonds is 9. The molecule has 1 aliphatic heterocycles. The molecule has 4 aromatic rings. The fraction of sp³-hybridized carbons (Fsp3) is 0.0667. The summed E-state index contributed by atoms with van der Waals surface area (Å²) in [6.07, 6.45) is 4.53. The Kier molecular flexibility index (Phi) is 9.88. The van der Waals surface area contributed by atoms with E-state index in [2.05, 4.69) is 31.4 Å². The van der Waals surface area contributed by atoms with Crippen LogP contribution in [0, 0.1) is 0 Å². The summed E-state index contributed by atoms with van der Waals surface area (Å²) in [7, 11) is 0. The molecule has 2 N–H and O–H groups in total. The number of hydrogen-bond donors (Lipinski definition) is 2. The Labute approximate surface area is 269 Å². The summed E-state index contributed by atoms with van der Waals surface area (Å²) >= 11 is 16.5. The number of halogens is 3. The Morgan fingerprint density at radius 3 is 2.63 bits per heavy atom. The fourth-order valence-electron chi connectivity index (χ4n) is 3.83. The van der Waals surface area contributed by atoms with Crippen LogP contribution in [0.15, 0.2) is 103 Å². The lowest BCUT2D eigenvalue weighted by Crippen LogP contribution is -2.28. The quantitative estimate of drug-likeness (QED) is 0.106. The summed E-state index contributed by atoms with van der Waals surface area (Å²) in [6.45, 7) is -0.135. The fourth-order valence-corrected chi connectivity index (χ4v) is 5.44. The number of amidine groups is 1. The largest absolute Gasteiger partial charge is 0.507 e. The second-order valence-electron chi connectivity index (χ2n) is 8.94. The van der Waals surface area contributed by atoms with E-state index in [0.717, 1.165) is 16.2 Å². The van der Waals surface area contributed by atoms with Crippen molar-refractivity contribution >= 4 is 85.9 Å². The van der Waals surface area contributed by atoms with Crippen molar-refractivity contribution in [3.8, 4) is 11.5 Å². The SMILES string of the molecule is O=C(COc1ccc(Br)cc1/C=C1\S/C(=N\N=C\c2cc(Cl)ccc2O)N(Cc2ccco2)C1=O)Nc1ccc(Cl)cc1. The number of anilines is 1. The molecule has 2 heterocycles. The number of nitrogens with one attached hydrogen (secondary N) is 1. The van der Waals surface area contributed by atoms with Crippen LogP contribution < -0.4 is 10.1 Å². The van der Waals surface area contributed by atoms with Crippen LogP contribution in [0.5, 0.6) is 11.5 Å². The number of carbonyl (C=O) groups is 2. The number of phenolic OH excluding ortho intramolecular Hbond substituents is 1. The van der Waals surface area contributed by atoms with Crippen molar-refractivity contribution < 1.29 is 23.8 Å². The van der Waals surface area contributed by atoms with E-state index in [1.165, 1.54) is 23.4 Å². The number of hydrogen-bond acceptors (Lipinski definition) is 8. The average Bonchev–Trinajstić information content (AvgIpc) is 3.60. The highest BCUT2D eigenvalue weighted by Gasteiger charge is 2.34. The minimum atomic E-state index is -0.363. The highest BCUT2D eigenvalue weighted by Crippen LogP contribution is 2.36. The van der Waals surface area contributed by atoms with Gasteiger partial charge in [0.05, 0.1) is 23.9 Å². The number of nitrogens with zero attached hydrogens (tertiary/aromatic N) is 3. The highest BCUT2D eigenvalue weighted by molar-refractivity contribution is 9.10. The molecule has 0 atom stereocenters. The average molecular weight is 700 g/mol. The predicted molar refractivity (Wildman–Crippen MR) is 173 cm³/mol. The molecule has 218 valence electrons. The van der Waals surface area contributed by atoms with Gasteiger partial charge in [0.25, 0.3) is 11.8 Å². The van der Waals surface area contributed by atoms with Crippen LogP contribution in [-0.4, -0.2) is 39.8 Å². The maximum absolute atomic E-state index is 13.5. The molecular formula is C30H21BrCl2N4O5S. The normalized spacial score (nSPS) is 15.1. The Morgan fingerprint density at radius 1 is 1.07 bits per heavy atom. The molecule has 1 saturated heterocycles. The molecule has 0 aliphatic carbocycles. The van der Waals surface area contributed by atoms with Crippen LogP contribution in [0.3, 0.4) is 0 Å². The molecule has 1 aliphatic rings. The molecule has 1 fully saturated rings. The van der Waals surface area contributed by atoms with E-state index in [1.807, 2.05) is 0 Å². The number of amides is 2. The number of benzene rings is 3. The van der Waals surface area contributed by atoms with Gasteiger partial charge in [0.2, 0.25) is 0 Å². The first kappa shape index (κ1) is 30.4. The van der Waals surface area contributed by atoms with Crippen LogP contribution in [0.2, 0.25) is 10.0 Å². The molecule has 0 saturated carbocycles. The van der Waals surface area contributed by atoms with Crippen molar-refractivity contribution in [2.45, 2.75) is 6.54 Å². The van der Waals surface area contributed by atoms with Gasteiger partial charge in [0, 0.05) is 31.3 Å². The van der Waals surface area contributed by atoms with Crippen molar-refractivity contribution in [2.24, 2.45) is 10.2 Å². The van der Waals surface area contributed by atoms with Crippen molar-refractivity contribution in [3.05, 3.63) is 115 Å². The van der Waals surface area contributed by atoms with E-state index in [0.29, 0.717) is 48.4 Å². The number of furan rings is 1. The third-order valence-corrected chi connectivity index (χ3v) is 7.83. The number of thioether (sulfide) groups is 1. The zero-order valence-electron chi connectivity index (χ0n) is 22.0. The van der Waals surface area contributed by atoms with Crippen molar-refractivity contribution in [1.82, 2.24) is 4.90 Å². The van der Waals surface area contributed by atoms with E-state index >= 15 is 0 Å². The molecule has 5 rings (SSSR count). The topological polar surface area (TPSA) is 117 Å². The summed E-state index contributed by atoms with van der Waals surface area (Å²) in [5, 5.41) is 22.4. The monoisotopic (exact) mass is 698 g/mol. The molecular weight excluding hydrogens is 679 g/mol. The van der Waals surface area contributed by atoms with Crippen LogP contribution >= 0.6 is 50.9 Å². The Morgan fingerprint density at radius 2 is 1.86 bits per heavy atom. The maximum Gasteiger partial charge on any atom is 0.267 e. The molecule has 43 heavy (non-hydrogen) atoms. The van der Waals surface area contributed by atoms with Crippen molar-refractivity contribution in [3.63, 3.8) is 0 Å². The number of aromatic hydroxyl groups is 1. The molecule has 0 unspecified atom stereocenters. The summed E-state index contributed by atoms with van der Waals surface area (Å²) in [4.78, 5) is 27.8. The Bertz CT molecular complexity index is 1740. The minimum Gasteiger partial charge on any atom is -0.507 e. The zero-order valence-corrected chi connectivity index (χ0v) is 26.0. The Hall–Kier alpha value is -4.03. The first-order chi connectivity index (χ1) is 20.7. The molecule has 0 radical (unpaired) electrons. The van der Waals surface area contributed by atoms with Crippen LogP contribution in [0.25, 0.3) is 6.08 Å². The van der Waals surface area contributed by atoms with Crippen LogP contribution in [0.4, 0.5) is 5.69 Å². The summed E-state index contributed by atoms with van der Waals surface area (Å²) in [5.74, 6) is 0.246. The van der Waals surface area contributed by atoms with Gasteiger partial charge in [-0.1, -0.05) is 39.1 Å². The van der Waals surface area contributed by atoms with Gasteiger partial charge in [-0.3, -0.25) is 14.5 Å². The van der Waals surface area contributed by atoms with Crippen molar-refractivity contribution in [2.75, 3.05) is 11.9 Å². The van der Waals surface area contributed by atoms with E-state index in [9.17, 15) is 14.7 Å². The molecule has 2 amide bonds. The van der Waals surface area contributed by atoms with E-state index in [4.69, 9.17) is 32.4 Å². The van der Waals surface area contributed by atoms with Gasteiger partial charge in [-0.25, -0.2) is 0 Å².